The smallest absolute Gasteiger partial charge is 0.233 e. The van der Waals surface area contributed by atoms with E-state index in [-0.39, 0.29) is 11.9 Å². The Balaban J connectivity index is 1.74. The number of hydrogen-bond acceptors (Lipinski definition) is 6. The summed E-state index contributed by atoms with van der Waals surface area (Å²) in [4.78, 5) is 23.5. The van der Waals surface area contributed by atoms with E-state index < -0.39 is 8.07 Å². The third kappa shape index (κ3) is 5.39. The van der Waals surface area contributed by atoms with Crippen LogP contribution in [0.3, 0.4) is 0 Å². The number of fused-ring (bicyclic) bond motifs is 1. The zero-order valence-corrected chi connectivity index (χ0v) is 18.7. The van der Waals surface area contributed by atoms with Crippen LogP contribution in [0.15, 0.2) is 12.4 Å². The maximum atomic E-state index is 12.1. The minimum absolute atomic E-state index is 0.0309. The van der Waals surface area contributed by atoms with Gasteiger partial charge in [0.25, 0.3) is 0 Å². The number of hydrogen-bond donors (Lipinski definition) is 0. The van der Waals surface area contributed by atoms with Crippen LogP contribution in [0.25, 0.3) is 11.2 Å². The van der Waals surface area contributed by atoms with Gasteiger partial charge in [0.2, 0.25) is 5.88 Å². The lowest BCUT2D eigenvalue weighted by atomic mass is 10.1. The van der Waals surface area contributed by atoms with Crippen molar-refractivity contribution in [3.8, 4) is 5.88 Å². The van der Waals surface area contributed by atoms with Crippen LogP contribution in [0.1, 0.15) is 30.1 Å². The molecule has 2 aromatic rings. The molecular formula is C20H32N4O3Si. The molecule has 1 aliphatic rings. The Labute approximate surface area is 168 Å². The molecule has 8 heteroatoms. The van der Waals surface area contributed by atoms with Crippen molar-refractivity contribution < 1.29 is 14.3 Å². The fourth-order valence-electron chi connectivity index (χ4n) is 3.26. The van der Waals surface area contributed by atoms with Gasteiger partial charge in [0.1, 0.15) is 18.4 Å². The van der Waals surface area contributed by atoms with Gasteiger partial charge in [0.05, 0.1) is 11.8 Å². The number of aromatic nitrogens is 3. The number of piperidine rings is 1. The van der Waals surface area contributed by atoms with E-state index in [2.05, 4.69) is 41.6 Å². The molecule has 0 radical (unpaired) electrons. The Hall–Kier alpha value is -1.77. The average molecular weight is 405 g/mol. The van der Waals surface area contributed by atoms with Gasteiger partial charge in [-0.2, -0.15) is 0 Å². The average Bonchev–Trinajstić information content (AvgIpc) is 2.98. The van der Waals surface area contributed by atoms with E-state index in [4.69, 9.17) is 9.47 Å². The minimum atomic E-state index is -1.13. The lowest BCUT2D eigenvalue weighted by Crippen LogP contribution is -2.35. The normalized spacial score (nSPS) is 16.6. The van der Waals surface area contributed by atoms with Gasteiger partial charge in [-0.1, -0.05) is 19.6 Å². The van der Waals surface area contributed by atoms with E-state index in [9.17, 15) is 4.79 Å². The lowest BCUT2D eigenvalue weighted by molar-refractivity contribution is 0.0894. The maximum absolute atomic E-state index is 12.1. The van der Waals surface area contributed by atoms with Crippen molar-refractivity contribution in [1.82, 2.24) is 19.4 Å². The summed E-state index contributed by atoms with van der Waals surface area (Å²) in [6.07, 6.45) is 5.55. The minimum Gasteiger partial charge on any atom is -0.473 e. The number of Topliss-reactive ketones (excluding diaryl/α,β-unsaturated/α-hetero) is 1. The SMILES string of the molecule is CC(=O)c1cn(COCC[Si](C)(C)C)c2ncc(OC3CCN(C)CC3)nc12. The fraction of sp³-hybridized carbons (Fsp3) is 0.650. The topological polar surface area (TPSA) is 69.5 Å². The van der Waals surface area contributed by atoms with E-state index >= 15 is 0 Å². The van der Waals surface area contributed by atoms with Crippen LogP contribution in [0.5, 0.6) is 5.88 Å². The molecule has 28 heavy (non-hydrogen) atoms. The number of carbonyl (C=O) groups excluding carboxylic acids is 1. The van der Waals surface area contributed by atoms with Gasteiger partial charge >= 0.3 is 0 Å². The third-order valence-electron chi connectivity index (χ3n) is 5.10. The number of carbonyl (C=O) groups is 1. The fourth-order valence-corrected chi connectivity index (χ4v) is 4.02. The summed E-state index contributed by atoms with van der Waals surface area (Å²) < 4.78 is 13.7. The molecule has 0 bridgehead atoms. The standard InChI is InChI=1S/C20H32N4O3Si/c1-15(25)17-13-24(14-26-10-11-28(3,4)5)20-19(17)22-18(12-21-20)27-16-6-8-23(2)9-7-16/h12-13,16H,6-11,14H2,1-5H3. The van der Waals surface area contributed by atoms with E-state index in [1.807, 2.05) is 4.57 Å². The molecule has 154 valence electrons. The Morgan fingerprint density at radius 2 is 2.00 bits per heavy atom. The predicted molar refractivity (Wildman–Crippen MR) is 113 cm³/mol. The largest absolute Gasteiger partial charge is 0.473 e. The highest BCUT2D eigenvalue weighted by atomic mass is 28.3. The maximum Gasteiger partial charge on any atom is 0.233 e. The van der Waals surface area contributed by atoms with Crippen molar-refractivity contribution in [3.05, 3.63) is 18.0 Å². The summed E-state index contributed by atoms with van der Waals surface area (Å²) in [7, 11) is 0.990. The quantitative estimate of drug-likeness (QED) is 0.381. The van der Waals surface area contributed by atoms with Crippen molar-refractivity contribution in [2.24, 2.45) is 0 Å². The van der Waals surface area contributed by atoms with Crippen molar-refractivity contribution in [2.45, 2.75) is 58.3 Å². The van der Waals surface area contributed by atoms with Gasteiger partial charge < -0.3 is 18.9 Å². The molecule has 3 rings (SSSR count). The Kier molecular flexibility index (Phi) is 6.52. The van der Waals surface area contributed by atoms with Gasteiger partial charge in [-0.3, -0.25) is 4.79 Å². The zero-order chi connectivity index (χ0) is 20.3. The number of ketones is 1. The van der Waals surface area contributed by atoms with Crippen LogP contribution >= 0.6 is 0 Å². The van der Waals surface area contributed by atoms with Crippen LogP contribution in [-0.2, 0) is 11.5 Å². The molecule has 0 unspecified atom stereocenters. The first kappa shape index (κ1) is 20.9. The van der Waals surface area contributed by atoms with Crippen LogP contribution in [0.4, 0.5) is 0 Å². The van der Waals surface area contributed by atoms with Gasteiger partial charge in [-0.05, 0) is 32.9 Å². The molecule has 0 amide bonds. The predicted octanol–water partition coefficient (Wildman–Crippen LogP) is 3.42. The van der Waals surface area contributed by atoms with E-state index in [1.165, 1.54) is 0 Å². The third-order valence-corrected chi connectivity index (χ3v) is 6.81. The number of nitrogens with zero attached hydrogens (tertiary/aromatic N) is 4. The van der Waals surface area contributed by atoms with Crippen LogP contribution in [0.2, 0.25) is 25.7 Å². The van der Waals surface area contributed by atoms with E-state index in [0.29, 0.717) is 29.3 Å². The summed E-state index contributed by atoms with van der Waals surface area (Å²) in [5.41, 5.74) is 1.81. The second kappa shape index (κ2) is 8.71. The van der Waals surface area contributed by atoms with Crippen molar-refractivity contribution in [1.29, 1.82) is 0 Å². The molecule has 1 saturated heterocycles. The Morgan fingerprint density at radius 1 is 1.29 bits per heavy atom. The molecule has 3 heterocycles. The molecule has 1 aliphatic heterocycles. The van der Waals surface area contributed by atoms with Crippen molar-refractivity contribution in [3.63, 3.8) is 0 Å². The summed E-state index contributed by atoms with van der Waals surface area (Å²) in [5.74, 6) is 0.457. The second-order valence-corrected chi connectivity index (χ2v) is 14.5. The van der Waals surface area contributed by atoms with E-state index in [0.717, 1.165) is 38.6 Å². The second-order valence-electron chi connectivity index (χ2n) is 8.92. The van der Waals surface area contributed by atoms with Crippen molar-refractivity contribution >= 4 is 25.0 Å². The summed E-state index contributed by atoms with van der Waals surface area (Å²) >= 11 is 0. The molecule has 0 saturated carbocycles. The molecule has 0 spiro atoms. The first-order valence-electron chi connectivity index (χ1n) is 10.0. The summed E-state index contributed by atoms with van der Waals surface area (Å²) in [5, 5.41) is 0. The molecule has 1 fully saturated rings. The molecule has 2 aromatic heterocycles. The zero-order valence-electron chi connectivity index (χ0n) is 17.7. The molecule has 0 aliphatic carbocycles. The molecule has 0 N–H and O–H groups in total. The lowest BCUT2D eigenvalue weighted by Gasteiger charge is -2.28. The Morgan fingerprint density at radius 3 is 2.64 bits per heavy atom. The molecule has 7 nitrogen and oxygen atoms in total. The van der Waals surface area contributed by atoms with Gasteiger partial charge in [0.15, 0.2) is 11.4 Å². The van der Waals surface area contributed by atoms with Crippen LogP contribution in [0, 0.1) is 0 Å². The van der Waals surface area contributed by atoms with Crippen LogP contribution < -0.4 is 4.74 Å². The number of ether oxygens (including phenoxy) is 2. The van der Waals surface area contributed by atoms with E-state index in [1.54, 1.807) is 19.3 Å². The summed E-state index contributed by atoms with van der Waals surface area (Å²) in [6.45, 7) is 11.7. The van der Waals surface area contributed by atoms with Gasteiger partial charge in [-0.15, -0.1) is 0 Å². The highest BCUT2D eigenvalue weighted by molar-refractivity contribution is 6.76. The monoisotopic (exact) mass is 404 g/mol. The number of rotatable bonds is 8. The molecule has 0 aromatic carbocycles. The number of likely N-dealkylation sites (tertiary alicyclic amines) is 1. The van der Waals surface area contributed by atoms with Gasteiger partial charge in [0, 0.05) is 34.0 Å². The first-order valence-corrected chi connectivity index (χ1v) is 13.7. The Bertz CT molecular complexity index is 823. The highest BCUT2D eigenvalue weighted by Gasteiger charge is 2.21. The molecular weight excluding hydrogens is 372 g/mol. The van der Waals surface area contributed by atoms with Crippen molar-refractivity contribution in [2.75, 3.05) is 26.7 Å². The molecule has 0 atom stereocenters. The van der Waals surface area contributed by atoms with Crippen LogP contribution in [-0.4, -0.2) is 66.1 Å². The first-order chi connectivity index (χ1) is 13.2. The highest BCUT2D eigenvalue weighted by Crippen LogP contribution is 2.23. The summed E-state index contributed by atoms with van der Waals surface area (Å²) in [6, 6.07) is 1.10. The van der Waals surface area contributed by atoms with Gasteiger partial charge in [-0.25, -0.2) is 9.97 Å².